The predicted molar refractivity (Wildman–Crippen MR) is 73.7 cm³/mol. The van der Waals surface area contributed by atoms with Crippen molar-refractivity contribution in [2.24, 2.45) is 0 Å². The van der Waals surface area contributed by atoms with Gasteiger partial charge >= 0.3 is 0 Å². The van der Waals surface area contributed by atoms with Crippen LogP contribution in [0.3, 0.4) is 0 Å². The highest BCUT2D eigenvalue weighted by atomic mass is 19.1. The number of halogens is 1. The summed E-state index contributed by atoms with van der Waals surface area (Å²) in [4.78, 5) is 4.45. The van der Waals surface area contributed by atoms with Gasteiger partial charge in [-0.1, -0.05) is 30.6 Å². The highest BCUT2D eigenvalue weighted by Crippen LogP contribution is 2.34. The van der Waals surface area contributed by atoms with Gasteiger partial charge in [-0.2, -0.15) is 4.98 Å². The van der Waals surface area contributed by atoms with Crippen molar-refractivity contribution in [1.29, 1.82) is 0 Å². The Hall–Kier alpha value is -1.75. The largest absolute Gasteiger partial charge is 0.339 e. The van der Waals surface area contributed by atoms with Crippen LogP contribution < -0.4 is 5.32 Å². The molecule has 5 heteroatoms. The van der Waals surface area contributed by atoms with E-state index in [4.69, 9.17) is 4.52 Å². The van der Waals surface area contributed by atoms with Crippen LogP contribution in [0, 0.1) is 5.82 Å². The molecule has 1 fully saturated rings. The van der Waals surface area contributed by atoms with Crippen LogP contribution in [0.4, 0.5) is 4.39 Å². The molecule has 1 aromatic carbocycles. The molecule has 0 aliphatic heterocycles. The second kappa shape index (κ2) is 5.71. The lowest BCUT2D eigenvalue weighted by Crippen LogP contribution is -2.31. The molecule has 3 rings (SSSR count). The van der Waals surface area contributed by atoms with Gasteiger partial charge in [0, 0.05) is 11.6 Å². The fourth-order valence-electron chi connectivity index (χ4n) is 2.89. The average molecular weight is 275 g/mol. The predicted octanol–water partition coefficient (Wildman–Crippen LogP) is 3.12. The lowest BCUT2D eigenvalue weighted by Gasteiger charge is -2.16. The van der Waals surface area contributed by atoms with Crippen molar-refractivity contribution in [3.8, 4) is 11.4 Å². The van der Waals surface area contributed by atoms with Crippen LogP contribution >= 0.6 is 0 Å². The molecule has 2 atom stereocenters. The minimum Gasteiger partial charge on any atom is -0.339 e. The fourth-order valence-corrected chi connectivity index (χ4v) is 2.89. The number of likely N-dealkylation sites (N-methyl/N-ethyl adjacent to an activating group) is 1. The Labute approximate surface area is 117 Å². The van der Waals surface area contributed by atoms with E-state index in [1.165, 1.54) is 18.6 Å². The smallest absolute Gasteiger partial charge is 0.231 e. The SMILES string of the molecule is CCNC1CCCC1c1nc(-c2cccc(F)c2)no1. The first kappa shape index (κ1) is 13.2. The van der Waals surface area contributed by atoms with Gasteiger partial charge in [-0.25, -0.2) is 4.39 Å². The van der Waals surface area contributed by atoms with Crippen molar-refractivity contribution >= 4 is 0 Å². The van der Waals surface area contributed by atoms with Crippen LogP contribution in [0.15, 0.2) is 28.8 Å². The van der Waals surface area contributed by atoms with E-state index in [1.807, 2.05) is 0 Å². The molecule has 20 heavy (non-hydrogen) atoms. The van der Waals surface area contributed by atoms with Crippen molar-refractivity contribution in [1.82, 2.24) is 15.5 Å². The first-order valence-electron chi connectivity index (χ1n) is 7.11. The van der Waals surface area contributed by atoms with Crippen LogP contribution in [-0.4, -0.2) is 22.7 Å². The third-order valence-electron chi connectivity index (χ3n) is 3.82. The van der Waals surface area contributed by atoms with Crippen molar-refractivity contribution in [2.75, 3.05) is 6.54 Å². The molecule has 1 aromatic heterocycles. The first-order valence-corrected chi connectivity index (χ1v) is 7.11. The van der Waals surface area contributed by atoms with E-state index in [0.717, 1.165) is 19.4 Å². The maximum absolute atomic E-state index is 13.2. The number of hydrogen-bond acceptors (Lipinski definition) is 4. The third-order valence-corrected chi connectivity index (χ3v) is 3.82. The molecule has 2 aromatic rings. The summed E-state index contributed by atoms with van der Waals surface area (Å²) in [6.07, 6.45) is 3.36. The second-order valence-corrected chi connectivity index (χ2v) is 5.17. The molecule has 1 heterocycles. The normalized spacial score (nSPS) is 22.3. The second-order valence-electron chi connectivity index (χ2n) is 5.17. The maximum atomic E-state index is 13.2. The standard InChI is InChI=1S/C15H18FN3O/c1-2-17-13-8-4-7-12(13)15-18-14(19-20-15)10-5-3-6-11(16)9-10/h3,5-6,9,12-13,17H,2,4,7-8H2,1H3. The van der Waals surface area contributed by atoms with E-state index in [9.17, 15) is 4.39 Å². The summed E-state index contributed by atoms with van der Waals surface area (Å²) in [6, 6.07) is 6.67. The van der Waals surface area contributed by atoms with E-state index < -0.39 is 0 Å². The molecule has 4 nitrogen and oxygen atoms in total. The van der Waals surface area contributed by atoms with E-state index in [1.54, 1.807) is 12.1 Å². The summed E-state index contributed by atoms with van der Waals surface area (Å²) in [5.41, 5.74) is 0.651. The van der Waals surface area contributed by atoms with Gasteiger partial charge in [0.05, 0.1) is 5.92 Å². The molecule has 1 aliphatic carbocycles. The van der Waals surface area contributed by atoms with Crippen LogP contribution in [0.1, 0.15) is 38.0 Å². The van der Waals surface area contributed by atoms with Crippen LogP contribution in [-0.2, 0) is 0 Å². The lowest BCUT2D eigenvalue weighted by atomic mass is 10.0. The van der Waals surface area contributed by atoms with Gasteiger partial charge < -0.3 is 9.84 Å². The fraction of sp³-hybridized carbons (Fsp3) is 0.467. The zero-order valence-electron chi connectivity index (χ0n) is 11.5. The molecule has 0 saturated heterocycles. The third kappa shape index (κ3) is 2.58. The minimum absolute atomic E-state index is 0.268. The summed E-state index contributed by atoms with van der Waals surface area (Å²) < 4.78 is 18.6. The molecule has 0 amide bonds. The number of hydrogen-bond donors (Lipinski definition) is 1. The number of nitrogens with one attached hydrogen (secondary N) is 1. The van der Waals surface area contributed by atoms with Gasteiger partial charge in [0.25, 0.3) is 0 Å². The monoisotopic (exact) mass is 275 g/mol. The summed E-state index contributed by atoms with van der Waals surface area (Å²) >= 11 is 0. The summed E-state index contributed by atoms with van der Waals surface area (Å²) in [5.74, 6) is 1.10. The van der Waals surface area contributed by atoms with Crippen molar-refractivity contribution in [2.45, 2.75) is 38.1 Å². The Morgan fingerprint density at radius 1 is 1.40 bits per heavy atom. The number of aromatic nitrogens is 2. The zero-order chi connectivity index (χ0) is 13.9. The molecule has 2 unspecified atom stereocenters. The van der Waals surface area contributed by atoms with Crippen molar-refractivity contribution in [3.63, 3.8) is 0 Å². The first-order chi connectivity index (χ1) is 9.78. The molecule has 0 radical (unpaired) electrons. The molecule has 106 valence electrons. The quantitative estimate of drug-likeness (QED) is 0.931. The molecule has 0 bridgehead atoms. The zero-order valence-corrected chi connectivity index (χ0v) is 11.5. The Morgan fingerprint density at radius 2 is 2.30 bits per heavy atom. The number of rotatable bonds is 4. The molecular formula is C15H18FN3O. The molecule has 1 saturated carbocycles. The Kier molecular flexibility index (Phi) is 3.78. The lowest BCUT2D eigenvalue weighted by molar-refractivity contribution is 0.332. The molecule has 1 aliphatic rings. The Balaban J connectivity index is 1.83. The van der Waals surface area contributed by atoms with Gasteiger partial charge in [-0.15, -0.1) is 0 Å². The van der Waals surface area contributed by atoms with Crippen LogP contribution in [0.2, 0.25) is 0 Å². The maximum Gasteiger partial charge on any atom is 0.231 e. The number of nitrogens with zero attached hydrogens (tertiary/aromatic N) is 2. The highest BCUT2D eigenvalue weighted by molar-refractivity contribution is 5.53. The van der Waals surface area contributed by atoms with Gasteiger partial charge in [0.2, 0.25) is 11.7 Å². The van der Waals surface area contributed by atoms with E-state index in [2.05, 4.69) is 22.4 Å². The van der Waals surface area contributed by atoms with E-state index >= 15 is 0 Å². The molecule has 0 spiro atoms. The van der Waals surface area contributed by atoms with Gasteiger partial charge in [0.1, 0.15) is 5.82 Å². The average Bonchev–Trinajstić information content (AvgIpc) is 3.07. The van der Waals surface area contributed by atoms with Gasteiger partial charge in [-0.05, 0) is 31.5 Å². The van der Waals surface area contributed by atoms with E-state index in [0.29, 0.717) is 23.3 Å². The van der Waals surface area contributed by atoms with Crippen molar-refractivity contribution in [3.05, 3.63) is 36.0 Å². The van der Waals surface area contributed by atoms with Crippen molar-refractivity contribution < 1.29 is 8.91 Å². The Bertz CT molecular complexity index is 584. The molecule has 1 N–H and O–H groups in total. The highest BCUT2D eigenvalue weighted by Gasteiger charge is 2.32. The summed E-state index contributed by atoms with van der Waals surface area (Å²) in [5, 5.41) is 7.45. The van der Waals surface area contributed by atoms with Gasteiger partial charge in [-0.3, -0.25) is 0 Å². The minimum atomic E-state index is -0.291. The summed E-state index contributed by atoms with van der Waals surface area (Å²) in [7, 11) is 0. The summed E-state index contributed by atoms with van der Waals surface area (Å²) in [6.45, 7) is 3.04. The number of benzene rings is 1. The van der Waals surface area contributed by atoms with Crippen LogP contribution in [0.5, 0.6) is 0 Å². The van der Waals surface area contributed by atoms with Crippen LogP contribution in [0.25, 0.3) is 11.4 Å². The van der Waals surface area contributed by atoms with Gasteiger partial charge in [0.15, 0.2) is 0 Å². The molecular weight excluding hydrogens is 257 g/mol. The van der Waals surface area contributed by atoms with E-state index in [-0.39, 0.29) is 11.7 Å². The topological polar surface area (TPSA) is 51.0 Å². The Morgan fingerprint density at radius 3 is 3.10 bits per heavy atom.